The summed E-state index contributed by atoms with van der Waals surface area (Å²) in [6.45, 7) is 6.26. The number of hydrogen-bond acceptors (Lipinski definition) is 4. The smallest absolute Gasteiger partial charge is 0.408 e. The van der Waals surface area contributed by atoms with Crippen LogP contribution >= 0.6 is 0 Å². The van der Waals surface area contributed by atoms with Crippen molar-refractivity contribution in [2.24, 2.45) is 0 Å². The van der Waals surface area contributed by atoms with E-state index in [0.29, 0.717) is 6.42 Å². The lowest BCUT2D eigenvalue weighted by Crippen LogP contribution is -2.41. The van der Waals surface area contributed by atoms with Gasteiger partial charge in [-0.05, 0) is 24.8 Å². The molecule has 0 bridgehead atoms. The van der Waals surface area contributed by atoms with E-state index < -0.39 is 18.1 Å². The SMILES string of the molecule is CCC.CC[C@@H](NC(=O)OCC1=CCCC=C1)C(=O)OC.[HH]. The molecule has 5 heteroatoms. The summed E-state index contributed by atoms with van der Waals surface area (Å²) in [4.78, 5) is 22.8. The molecule has 1 aliphatic carbocycles. The van der Waals surface area contributed by atoms with Crippen LogP contribution < -0.4 is 5.32 Å². The number of nitrogens with one attached hydrogen (secondary N) is 1. The Morgan fingerprint density at radius 2 is 2.00 bits per heavy atom. The predicted octanol–water partition coefficient (Wildman–Crippen LogP) is 3.60. The lowest BCUT2D eigenvalue weighted by Gasteiger charge is -2.15. The second-order valence-corrected chi connectivity index (χ2v) is 4.67. The van der Waals surface area contributed by atoms with Gasteiger partial charge in [0.25, 0.3) is 0 Å². The zero-order valence-corrected chi connectivity index (χ0v) is 13.5. The molecule has 1 rings (SSSR count). The monoisotopic (exact) mass is 299 g/mol. The Kier molecular flexibility index (Phi) is 11.0. The van der Waals surface area contributed by atoms with Crippen LogP contribution in [0.4, 0.5) is 4.79 Å². The third kappa shape index (κ3) is 8.89. The van der Waals surface area contributed by atoms with Gasteiger partial charge in [0.15, 0.2) is 0 Å². The molecule has 122 valence electrons. The van der Waals surface area contributed by atoms with Crippen molar-refractivity contribution in [1.82, 2.24) is 5.32 Å². The van der Waals surface area contributed by atoms with E-state index in [1.54, 1.807) is 6.92 Å². The average Bonchev–Trinajstić information content (AvgIpc) is 2.51. The number of alkyl carbamates (subject to hydrolysis) is 1. The van der Waals surface area contributed by atoms with Crippen LogP contribution in [0.2, 0.25) is 0 Å². The molecular formula is C16H29NO4. The van der Waals surface area contributed by atoms with E-state index in [1.165, 1.54) is 13.5 Å². The Morgan fingerprint density at radius 1 is 1.33 bits per heavy atom. The van der Waals surface area contributed by atoms with E-state index in [9.17, 15) is 9.59 Å². The molecule has 0 aromatic carbocycles. The van der Waals surface area contributed by atoms with Crippen molar-refractivity contribution in [3.63, 3.8) is 0 Å². The number of carbonyl (C=O) groups excluding carboxylic acids is 2. The van der Waals surface area contributed by atoms with E-state index in [2.05, 4.69) is 23.9 Å². The lowest BCUT2D eigenvalue weighted by atomic mass is 10.1. The number of amides is 1. The summed E-state index contributed by atoms with van der Waals surface area (Å²) in [7, 11) is 1.29. The number of methoxy groups -OCH3 is 1. The van der Waals surface area contributed by atoms with Crippen LogP contribution in [0.5, 0.6) is 0 Å². The minimum absolute atomic E-state index is 0. The first kappa shape index (κ1) is 19.2. The lowest BCUT2D eigenvalue weighted by molar-refractivity contribution is -0.143. The van der Waals surface area contributed by atoms with Crippen molar-refractivity contribution >= 4 is 12.1 Å². The zero-order chi connectivity index (χ0) is 16.1. The highest BCUT2D eigenvalue weighted by Gasteiger charge is 2.19. The Morgan fingerprint density at radius 3 is 2.48 bits per heavy atom. The molecule has 1 amide bonds. The number of allylic oxidation sites excluding steroid dienone is 2. The molecule has 0 aromatic rings. The molecule has 0 saturated heterocycles. The molecule has 0 radical (unpaired) electrons. The van der Waals surface area contributed by atoms with E-state index in [1.807, 2.05) is 18.2 Å². The summed E-state index contributed by atoms with van der Waals surface area (Å²) < 4.78 is 9.60. The third-order valence-electron chi connectivity index (χ3n) is 2.63. The predicted molar refractivity (Wildman–Crippen MR) is 85.1 cm³/mol. The standard InChI is InChI=1S/C13H19NO4.C3H8.H2/c1-3-11(12(15)17-2)14-13(16)18-9-10-7-5-4-6-8-10;1-3-2;/h5,7-8,11H,3-4,6,9H2,1-2H3,(H,14,16);3H2,1-2H3;1H/t11-;;/m1../s1. The van der Waals surface area contributed by atoms with Gasteiger partial charge in [-0.3, -0.25) is 0 Å². The highest BCUT2D eigenvalue weighted by atomic mass is 16.6. The molecule has 5 nitrogen and oxygen atoms in total. The minimum Gasteiger partial charge on any atom is -0.467 e. The van der Waals surface area contributed by atoms with E-state index >= 15 is 0 Å². The van der Waals surface area contributed by atoms with Gasteiger partial charge >= 0.3 is 12.1 Å². The van der Waals surface area contributed by atoms with Crippen LogP contribution in [0, 0.1) is 0 Å². The number of hydrogen-bond donors (Lipinski definition) is 1. The van der Waals surface area contributed by atoms with Gasteiger partial charge in [0.05, 0.1) is 7.11 Å². The molecule has 0 aliphatic heterocycles. The second-order valence-electron chi connectivity index (χ2n) is 4.67. The van der Waals surface area contributed by atoms with Crippen molar-refractivity contribution in [2.45, 2.75) is 52.5 Å². The summed E-state index contributed by atoms with van der Waals surface area (Å²) >= 11 is 0. The first-order valence-electron chi connectivity index (χ1n) is 7.45. The van der Waals surface area contributed by atoms with Gasteiger partial charge in [-0.25, -0.2) is 9.59 Å². The second kappa shape index (κ2) is 12.0. The van der Waals surface area contributed by atoms with Crippen molar-refractivity contribution in [2.75, 3.05) is 13.7 Å². The molecule has 0 fully saturated rings. The summed E-state index contributed by atoms with van der Waals surface area (Å²) in [6, 6.07) is -0.654. The molecule has 21 heavy (non-hydrogen) atoms. The van der Waals surface area contributed by atoms with Gasteiger partial charge in [-0.2, -0.15) is 0 Å². The minimum atomic E-state index is -0.654. The number of ether oxygens (including phenoxy) is 2. The Labute approximate surface area is 128 Å². The number of rotatable bonds is 5. The van der Waals surface area contributed by atoms with E-state index in [4.69, 9.17) is 4.74 Å². The van der Waals surface area contributed by atoms with Crippen molar-refractivity contribution < 1.29 is 20.5 Å². The fraction of sp³-hybridized carbons (Fsp3) is 0.625. The van der Waals surface area contributed by atoms with E-state index in [0.717, 1.165) is 18.4 Å². The van der Waals surface area contributed by atoms with Crippen LogP contribution in [0.3, 0.4) is 0 Å². The van der Waals surface area contributed by atoms with Crippen LogP contribution in [-0.4, -0.2) is 31.8 Å². The number of carbonyl (C=O) groups is 2. The average molecular weight is 299 g/mol. The molecular weight excluding hydrogens is 270 g/mol. The van der Waals surface area contributed by atoms with Gasteiger partial charge in [-0.15, -0.1) is 0 Å². The maximum atomic E-state index is 11.5. The highest BCUT2D eigenvalue weighted by molar-refractivity contribution is 5.81. The fourth-order valence-corrected chi connectivity index (χ4v) is 1.58. The van der Waals surface area contributed by atoms with Crippen LogP contribution in [0.25, 0.3) is 0 Å². The maximum absolute atomic E-state index is 11.5. The molecule has 0 spiro atoms. The third-order valence-corrected chi connectivity index (χ3v) is 2.63. The van der Waals surface area contributed by atoms with Crippen LogP contribution in [0.1, 0.15) is 47.9 Å². The summed E-state index contributed by atoms with van der Waals surface area (Å²) in [6.07, 6.45) is 9.11. The molecule has 0 saturated carbocycles. The normalized spacial score (nSPS) is 14.2. The van der Waals surface area contributed by atoms with Gasteiger partial charge < -0.3 is 14.8 Å². The molecule has 1 aliphatic rings. The molecule has 1 atom stereocenters. The van der Waals surface area contributed by atoms with Gasteiger partial charge in [-0.1, -0.05) is 45.4 Å². The molecule has 0 heterocycles. The first-order chi connectivity index (χ1) is 10.1. The topological polar surface area (TPSA) is 64.6 Å². The molecule has 0 unspecified atom stereocenters. The van der Waals surface area contributed by atoms with Gasteiger partial charge in [0.2, 0.25) is 0 Å². The van der Waals surface area contributed by atoms with Crippen molar-refractivity contribution in [3.8, 4) is 0 Å². The summed E-state index contributed by atoms with van der Waals surface area (Å²) in [5, 5.41) is 2.47. The Balaban J connectivity index is 0. The Hall–Kier alpha value is -1.78. The zero-order valence-electron chi connectivity index (χ0n) is 13.5. The largest absolute Gasteiger partial charge is 0.467 e. The van der Waals surface area contributed by atoms with Gasteiger partial charge in [0.1, 0.15) is 12.6 Å². The van der Waals surface area contributed by atoms with Crippen molar-refractivity contribution in [3.05, 3.63) is 23.8 Å². The first-order valence-corrected chi connectivity index (χ1v) is 7.45. The molecule has 0 aromatic heterocycles. The quantitative estimate of drug-likeness (QED) is 0.788. The van der Waals surface area contributed by atoms with Crippen molar-refractivity contribution in [1.29, 1.82) is 0 Å². The van der Waals surface area contributed by atoms with Crippen LogP contribution in [0.15, 0.2) is 23.8 Å². The van der Waals surface area contributed by atoms with Gasteiger partial charge in [0, 0.05) is 1.43 Å². The summed E-state index contributed by atoms with van der Waals surface area (Å²) in [5.74, 6) is -0.466. The highest BCUT2D eigenvalue weighted by Crippen LogP contribution is 2.09. The van der Waals surface area contributed by atoms with E-state index in [-0.39, 0.29) is 8.03 Å². The molecule has 1 N–H and O–H groups in total. The number of esters is 1. The Bertz CT molecular complexity index is 380. The maximum Gasteiger partial charge on any atom is 0.408 e. The van der Waals surface area contributed by atoms with Crippen LogP contribution in [-0.2, 0) is 14.3 Å². The summed E-state index contributed by atoms with van der Waals surface area (Å²) in [5.41, 5.74) is 0.975. The fourth-order valence-electron chi connectivity index (χ4n) is 1.58.